The standard InChI is InChI=1S/C15H27N3O2/c1-17(11-13(19)18-9-5-6-10-18)14(20)15(12-16)7-3-2-4-8-15/h2-12,16H2,1H3. The van der Waals surface area contributed by atoms with E-state index in [0.717, 1.165) is 51.6 Å². The summed E-state index contributed by atoms with van der Waals surface area (Å²) in [6.45, 7) is 2.26. The van der Waals surface area contributed by atoms with Gasteiger partial charge in [-0.3, -0.25) is 9.59 Å². The van der Waals surface area contributed by atoms with Crippen LogP contribution in [0.1, 0.15) is 44.9 Å². The van der Waals surface area contributed by atoms with Gasteiger partial charge in [0.15, 0.2) is 0 Å². The predicted molar refractivity (Wildman–Crippen MR) is 78.0 cm³/mol. The van der Waals surface area contributed by atoms with Gasteiger partial charge >= 0.3 is 0 Å². The van der Waals surface area contributed by atoms with Crippen LogP contribution in [0.25, 0.3) is 0 Å². The topological polar surface area (TPSA) is 66.6 Å². The van der Waals surface area contributed by atoms with Crippen LogP contribution in [0, 0.1) is 5.41 Å². The highest BCUT2D eigenvalue weighted by atomic mass is 16.2. The molecule has 114 valence electrons. The van der Waals surface area contributed by atoms with E-state index in [9.17, 15) is 9.59 Å². The number of carbonyl (C=O) groups is 2. The molecule has 0 bridgehead atoms. The molecule has 1 aliphatic carbocycles. The molecule has 1 aliphatic heterocycles. The average molecular weight is 281 g/mol. The summed E-state index contributed by atoms with van der Waals surface area (Å²) >= 11 is 0. The highest BCUT2D eigenvalue weighted by Gasteiger charge is 2.40. The lowest BCUT2D eigenvalue weighted by Crippen LogP contribution is -2.50. The highest BCUT2D eigenvalue weighted by Crippen LogP contribution is 2.36. The Kier molecular flexibility index (Phi) is 5.02. The summed E-state index contributed by atoms with van der Waals surface area (Å²) in [5, 5.41) is 0. The normalized spacial score (nSPS) is 21.8. The zero-order chi connectivity index (χ0) is 14.6. The van der Waals surface area contributed by atoms with Crippen molar-refractivity contribution in [1.29, 1.82) is 0 Å². The zero-order valence-electron chi connectivity index (χ0n) is 12.6. The van der Waals surface area contributed by atoms with Crippen molar-refractivity contribution in [2.45, 2.75) is 44.9 Å². The van der Waals surface area contributed by atoms with Crippen molar-refractivity contribution < 1.29 is 9.59 Å². The summed E-state index contributed by atoms with van der Waals surface area (Å²) in [6, 6.07) is 0. The number of hydrogen-bond donors (Lipinski definition) is 1. The Morgan fingerprint density at radius 1 is 1.10 bits per heavy atom. The van der Waals surface area contributed by atoms with Gasteiger partial charge in [0, 0.05) is 26.7 Å². The molecule has 5 nitrogen and oxygen atoms in total. The number of nitrogens with two attached hydrogens (primary N) is 1. The molecule has 1 saturated heterocycles. The summed E-state index contributed by atoms with van der Waals surface area (Å²) in [6.07, 6.45) is 7.21. The molecule has 2 amide bonds. The fraction of sp³-hybridized carbons (Fsp3) is 0.867. The molecule has 0 aromatic carbocycles. The fourth-order valence-corrected chi connectivity index (χ4v) is 3.48. The van der Waals surface area contributed by atoms with Crippen LogP contribution in [-0.2, 0) is 9.59 Å². The quantitative estimate of drug-likeness (QED) is 0.835. The summed E-state index contributed by atoms with van der Waals surface area (Å²) < 4.78 is 0. The van der Waals surface area contributed by atoms with Gasteiger partial charge in [-0.1, -0.05) is 19.3 Å². The molecule has 0 spiro atoms. The lowest BCUT2D eigenvalue weighted by atomic mass is 9.73. The molecule has 0 radical (unpaired) electrons. The van der Waals surface area contributed by atoms with E-state index in [-0.39, 0.29) is 18.4 Å². The lowest BCUT2D eigenvalue weighted by Gasteiger charge is -2.37. The Labute approximate surface area is 121 Å². The molecule has 1 heterocycles. The van der Waals surface area contributed by atoms with E-state index in [0.29, 0.717) is 6.54 Å². The third-order valence-electron chi connectivity index (χ3n) is 4.83. The number of likely N-dealkylation sites (tertiary alicyclic amines) is 1. The average Bonchev–Trinajstić information content (AvgIpc) is 3.01. The first kappa shape index (κ1) is 15.3. The van der Waals surface area contributed by atoms with Gasteiger partial charge in [-0.05, 0) is 25.7 Å². The first-order valence-corrected chi connectivity index (χ1v) is 7.82. The zero-order valence-corrected chi connectivity index (χ0v) is 12.6. The lowest BCUT2D eigenvalue weighted by molar-refractivity contribution is -0.146. The second-order valence-electron chi connectivity index (χ2n) is 6.29. The first-order chi connectivity index (χ1) is 9.59. The van der Waals surface area contributed by atoms with E-state index in [1.165, 1.54) is 6.42 Å². The Hall–Kier alpha value is -1.10. The largest absolute Gasteiger partial charge is 0.341 e. The number of hydrogen-bond acceptors (Lipinski definition) is 3. The number of rotatable bonds is 4. The van der Waals surface area contributed by atoms with Crippen LogP contribution in [0.3, 0.4) is 0 Å². The van der Waals surface area contributed by atoms with Crippen molar-refractivity contribution in [1.82, 2.24) is 9.80 Å². The van der Waals surface area contributed by atoms with E-state index < -0.39 is 5.41 Å². The predicted octanol–water partition coefficient (Wildman–Crippen LogP) is 0.976. The maximum atomic E-state index is 12.7. The second kappa shape index (κ2) is 6.57. The van der Waals surface area contributed by atoms with Crippen LogP contribution in [-0.4, -0.2) is 54.8 Å². The van der Waals surface area contributed by atoms with Gasteiger partial charge in [0.05, 0.1) is 12.0 Å². The maximum absolute atomic E-state index is 12.7. The van der Waals surface area contributed by atoms with E-state index in [1.807, 2.05) is 4.90 Å². The minimum atomic E-state index is -0.418. The van der Waals surface area contributed by atoms with Gasteiger partial charge < -0.3 is 15.5 Å². The molecule has 2 N–H and O–H groups in total. The van der Waals surface area contributed by atoms with Gasteiger partial charge in [-0.2, -0.15) is 0 Å². The number of nitrogens with zero attached hydrogens (tertiary/aromatic N) is 2. The molecule has 0 aromatic rings. The molecule has 1 saturated carbocycles. The number of carbonyl (C=O) groups excluding carboxylic acids is 2. The number of likely N-dealkylation sites (N-methyl/N-ethyl adjacent to an activating group) is 1. The summed E-state index contributed by atoms with van der Waals surface area (Å²) in [7, 11) is 1.74. The molecule has 0 aromatic heterocycles. The highest BCUT2D eigenvalue weighted by molar-refractivity contribution is 5.88. The molecule has 20 heavy (non-hydrogen) atoms. The molecule has 2 rings (SSSR count). The number of amides is 2. The second-order valence-corrected chi connectivity index (χ2v) is 6.29. The van der Waals surface area contributed by atoms with Gasteiger partial charge in [0.25, 0.3) is 0 Å². The molecule has 2 aliphatic rings. The Bertz CT molecular complexity index is 358. The van der Waals surface area contributed by atoms with Crippen molar-refractivity contribution in [3.05, 3.63) is 0 Å². The van der Waals surface area contributed by atoms with Crippen LogP contribution >= 0.6 is 0 Å². The monoisotopic (exact) mass is 281 g/mol. The molecule has 2 fully saturated rings. The molecule has 0 unspecified atom stereocenters. The van der Waals surface area contributed by atoms with E-state index >= 15 is 0 Å². The minimum Gasteiger partial charge on any atom is -0.341 e. The van der Waals surface area contributed by atoms with Crippen molar-refractivity contribution >= 4 is 11.8 Å². The van der Waals surface area contributed by atoms with E-state index in [1.54, 1.807) is 11.9 Å². The first-order valence-electron chi connectivity index (χ1n) is 7.82. The molecular weight excluding hydrogens is 254 g/mol. The van der Waals surface area contributed by atoms with Crippen molar-refractivity contribution in [3.63, 3.8) is 0 Å². The van der Waals surface area contributed by atoms with E-state index in [4.69, 9.17) is 5.73 Å². The van der Waals surface area contributed by atoms with Crippen molar-refractivity contribution in [2.75, 3.05) is 33.2 Å². The maximum Gasteiger partial charge on any atom is 0.242 e. The summed E-state index contributed by atoms with van der Waals surface area (Å²) in [4.78, 5) is 28.3. The third kappa shape index (κ3) is 3.14. The van der Waals surface area contributed by atoms with Crippen LogP contribution in [0.4, 0.5) is 0 Å². The van der Waals surface area contributed by atoms with Crippen molar-refractivity contribution in [3.8, 4) is 0 Å². The fourth-order valence-electron chi connectivity index (χ4n) is 3.48. The summed E-state index contributed by atoms with van der Waals surface area (Å²) in [5.41, 5.74) is 5.47. The smallest absolute Gasteiger partial charge is 0.242 e. The SMILES string of the molecule is CN(CC(=O)N1CCCC1)C(=O)C1(CN)CCCCC1. The van der Waals surface area contributed by atoms with Crippen LogP contribution < -0.4 is 5.73 Å². The van der Waals surface area contributed by atoms with Crippen molar-refractivity contribution in [2.24, 2.45) is 11.1 Å². The third-order valence-corrected chi connectivity index (χ3v) is 4.83. The molecular formula is C15H27N3O2. The molecule has 5 heteroatoms. The Balaban J connectivity index is 1.94. The van der Waals surface area contributed by atoms with E-state index in [2.05, 4.69) is 0 Å². The van der Waals surface area contributed by atoms with Crippen LogP contribution in [0.15, 0.2) is 0 Å². The Morgan fingerprint density at radius 2 is 1.70 bits per heavy atom. The van der Waals surface area contributed by atoms with Gasteiger partial charge in [0.2, 0.25) is 11.8 Å². The summed E-state index contributed by atoms with van der Waals surface area (Å²) in [5.74, 6) is 0.133. The van der Waals surface area contributed by atoms with Crippen LogP contribution in [0.2, 0.25) is 0 Å². The molecule has 0 atom stereocenters. The van der Waals surface area contributed by atoms with Gasteiger partial charge in [-0.15, -0.1) is 0 Å². The minimum absolute atomic E-state index is 0.0623. The Morgan fingerprint density at radius 3 is 2.25 bits per heavy atom. The van der Waals surface area contributed by atoms with Crippen LogP contribution in [0.5, 0.6) is 0 Å². The van der Waals surface area contributed by atoms with Gasteiger partial charge in [-0.25, -0.2) is 0 Å². The van der Waals surface area contributed by atoms with Gasteiger partial charge in [0.1, 0.15) is 0 Å².